The maximum atomic E-state index is 6.90. The van der Waals surface area contributed by atoms with Crippen LogP contribution in [0.4, 0.5) is 17.1 Å². The SMILES string of the molecule is CC1(C)c2ccccc2-c2ccc(N(c3cccc(-c4ccccc4)c3)c3cc4c(oc5cccc(-c6ccccc6-c6ccccc6)c54)c4ccccc34)cc21. The number of hydrogen-bond donors (Lipinski definition) is 0. The van der Waals surface area contributed by atoms with Crippen molar-refractivity contribution in [1.82, 2.24) is 0 Å². The van der Waals surface area contributed by atoms with Crippen molar-refractivity contribution >= 4 is 49.8 Å². The molecule has 0 spiro atoms. The smallest absolute Gasteiger partial charge is 0.143 e. The van der Waals surface area contributed by atoms with Crippen LogP contribution in [0.1, 0.15) is 25.0 Å². The van der Waals surface area contributed by atoms with Crippen molar-refractivity contribution in [2.75, 3.05) is 4.90 Å². The summed E-state index contributed by atoms with van der Waals surface area (Å²) < 4.78 is 6.90. The standard InChI is InChI=1S/C55H39NO/c1-55(2)49-29-14-13-25-43(49)44-32-31-40(34-50(44)55)56(39-22-15-21-38(33-39)36-17-5-3-6-18-36)51-35-48-53-46(42-24-10-9-23-41(42)37-19-7-4-8-20-37)28-16-30-52(53)57-54(48)47-27-12-11-26-45(47)51/h3-35H,1-2H3. The minimum absolute atomic E-state index is 0.146. The van der Waals surface area contributed by atoms with Gasteiger partial charge in [-0.15, -0.1) is 0 Å². The molecule has 0 bridgehead atoms. The highest BCUT2D eigenvalue weighted by Gasteiger charge is 2.36. The molecule has 9 aromatic carbocycles. The molecule has 0 amide bonds. The normalized spacial score (nSPS) is 12.9. The molecule has 0 N–H and O–H groups in total. The van der Waals surface area contributed by atoms with E-state index in [0.717, 1.165) is 55.3 Å². The van der Waals surface area contributed by atoms with Crippen molar-refractivity contribution < 1.29 is 4.42 Å². The molecule has 0 radical (unpaired) electrons. The Morgan fingerprint density at radius 1 is 0.386 bits per heavy atom. The van der Waals surface area contributed by atoms with Crippen molar-refractivity contribution in [2.45, 2.75) is 19.3 Å². The van der Waals surface area contributed by atoms with Gasteiger partial charge in [0.2, 0.25) is 0 Å². The largest absolute Gasteiger partial charge is 0.455 e. The predicted octanol–water partition coefficient (Wildman–Crippen LogP) is 15.5. The van der Waals surface area contributed by atoms with E-state index in [-0.39, 0.29) is 5.41 Å². The van der Waals surface area contributed by atoms with Crippen LogP contribution >= 0.6 is 0 Å². The quantitative estimate of drug-likeness (QED) is 0.169. The van der Waals surface area contributed by atoms with E-state index in [1.54, 1.807) is 0 Å². The molecule has 1 heterocycles. The molecule has 10 aromatic rings. The fourth-order valence-electron chi connectivity index (χ4n) is 9.34. The van der Waals surface area contributed by atoms with Crippen LogP contribution in [0.2, 0.25) is 0 Å². The Morgan fingerprint density at radius 2 is 0.982 bits per heavy atom. The molecule has 2 nitrogen and oxygen atoms in total. The van der Waals surface area contributed by atoms with Gasteiger partial charge in [-0.25, -0.2) is 0 Å². The van der Waals surface area contributed by atoms with Gasteiger partial charge >= 0.3 is 0 Å². The average Bonchev–Trinajstić information content (AvgIpc) is 3.76. The molecule has 1 aliphatic carbocycles. The number of anilines is 3. The maximum Gasteiger partial charge on any atom is 0.143 e. The zero-order valence-corrected chi connectivity index (χ0v) is 31.9. The number of benzene rings is 9. The first-order valence-corrected chi connectivity index (χ1v) is 19.8. The first-order chi connectivity index (χ1) is 28.0. The van der Waals surface area contributed by atoms with E-state index in [1.165, 1.54) is 50.1 Å². The van der Waals surface area contributed by atoms with Crippen LogP contribution in [-0.4, -0.2) is 0 Å². The highest BCUT2D eigenvalue weighted by atomic mass is 16.3. The summed E-state index contributed by atoms with van der Waals surface area (Å²) in [5.41, 5.74) is 17.4. The lowest BCUT2D eigenvalue weighted by Crippen LogP contribution is -2.16. The number of fused-ring (bicyclic) bond motifs is 8. The van der Waals surface area contributed by atoms with E-state index in [2.05, 4.69) is 219 Å². The minimum atomic E-state index is -0.146. The molecule has 0 saturated carbocycles. The van der Waals surface area contributed by atoms with Crippen molar-refractivity contribution in [3.63, 3.8) is 0 Å². The molecule has 0 fully saturated rings. The molecule has 11 rings (SSSR count). The second kappa shape index (κ2) is 13.0. The Labute approximate surface area is 332 Å². The van der Waals surface area contributed by atoms with Gasteiger partial charge in [-0.2, -0.15) is 0 Å². The summed E-state index contributed by atoms with van der Waals surface area (Å²) in [4.78, 5) is 2.47. The number of hydrogen-bond acceptors (Lipinski definition) is 2. The lowest BCUT2D eigenvalue weighted by molar-refractivity contribution is 0.660. The first-order valence-electron chi connectivity index (χ1n) is 19.8. The Morgan fingerprint density at radius 3 is 1.79 bits per heavy atom. The van der Waals surface area contributed by atoms with Crippen molar-refractivity contribution in [3.05, 3.63) is 211 Å². The van der Waals surface area contributed by atoms with Crippen LogP contribution in [-0.2, 0) is 5.41 Å². The van der Waals surface area contributed by atoms with Gasteiger partial charge in [0.05, 0.1) is 5.69 Å². The summed E-state index contributed by atoms with van der Waals surface area (Å²) in [6.07, 6.45) is 0. The fraction of sp³-hybridized carbons (Fsp3) is 0.0545. The van der Waals surface area contributed by atoms with Crippen LogP contribution in [0.5, 0.6) is 0 Å². The lowest BCUT2D eigenvalue weighted by atomic mass is 9.82. The molecule has 0 atom stereocenters. The van der Waals surface area contributed by atoms with E-state index >= 15 is 0 Å². The molecular formula is C55H39NO. The van der Waals surface area contributed by atoms with Gasteiger partial charge in [0.1, 0.15) is 11.2 Å². The van der Waals surface area contributed by atoms with Gasteiger partial charge in [-0.3, -0.25) is 0 Å². The van der Waals surface area contributed by atoms with Gasteiger partial charge < -0.3 is 9.32 Å². The van der Waals surface area contributed by atoms with Gasteiger partial charge in [0, 0.05) is 38.3 Å². The van der Waals surface area contributed by atoms with Crippen molar-refractivity contribution in [1.29, 1.82) is 0 Å². The highest BCUT2D eigenvalue weighted by Crippen LogP contribution is 2.52. The van der Waals surface area contributed by atoms with Gasteiger partial charge in [0.25, 0.3) is 0 Å². The molecule has 0 aliphatic heterocycles. The van der Waals surface area contributed by atoms with E-state index in [4.69, 9.17) is 4.42 Å². The monoisotopic (exact) mass is 729 g/mol. The molecule has 0 saturated heterocycles. The molecule has 1 aliphatic rings. The van der Waals surface area contributed by atoms with Crippen molar-refractivity contribution in [3.8, 4) is 44.5 Å². The van der Waals surface area contributed by atoms with E-state index in [9.17, 15) is 0 Å². The Kier molecular flexibility index (Phi) is 7.55. The summed E-state index contributed by atoms with van der Waals surface area (Å²) >= 11 is 0. The number of nitrogens with zero attached hydrogens (tertiary/aromatic N) is 1. The lowest BCUT2D eigenvalue weighted by Gasteiger charge is -2.29. The third kappa shape index (κ3) is 5.25. The number of rotatable bonds is 6. The van der Waals surface area contributed by atoms with Crippen LogP contribution in [0.25, 0.3) is 77.2 Å². The van der Waals surface area contributed by atoms with Crippen LogP contribution in [0.3, 0.4) is 0 Å². The average molecular weight is 730 g/mol. The van der Waals surface area contributed by atoms with E-state index in [1.807, 2.05) is 0 Å². The Balaban J connectivity index is 1.20. The second-order valence-corrected chi connectivity index (χ2v) is 15.7. The van der Waals surface area contributed by atoms with Crippen molar-refractivity contribution in [2.24, 2.45) is 0 Å². The Hall–Kier alpha value is -7.16. The second-order valence-electron chi connectivity index (χ2n) is 15.7. The summed E-state index contributed by atoms with van der Waals surface area (Å²) in [5.74, 6) is 0. The van der Waals surface area contributed by atoms with Gasteiger partial charge in [-0.05, 0) is 92.0 Å². The highest BCUT2D eigenvalue weighted by molar-refractivity contribution is 6.23. The van der Waals surface area contributed by atoms with Crippen LogP contribution in [0, 0.1) is 0 Å². The molecular weight excluding hydrogens is 691 g/mol. The van der Waals surface area contributed by atoms with E-state index in [0.29, 0.717) is 0 Å². The van der Waals surface area contributed by atoms with Gasteiger partial charge in [0.15, 0.2) is 0 Å². The topological polar surface area (TPSA) is 16.4 Å². The molecule has 57 heavy (non-hydrogen) atoms. The maximum absolute atomic E-state index is 6.90. The van der Waals surface area contributed by atoms with Crippen LogP contribution in [0.15, 0.2) is 205 Å². The Bertz CT molecular complexity index is 3150. The third-order valence-corrected chi connectivity index (χ3v) is 12.1. The number of furan rings is 1. The van der Waals surface area contributed by atoms with Crippen LogP contribution < -0.4 is 4.90 Å². The predicted molar refractivity (Wildman–Crippen MR) is 240 cm³/mol. The molecule has 1 aromatic heterocycles. The van der Waals surface area contributed by atoms with E-state index < -0.39 is 0 Å². The third-order valence-electron chi connectivity index (χ3n) is 12.1. The van der Waals surface area contributed by atoms with Gasteiger partial charge in [-0.1, -0.05) is 178 Å². The molecule has 270 valence electrons. The fourth-order valence-corrected chi connectivity index (χ4v) is 9.34. The first kappa shape index (κ1) is 33.2. The zero-order valence-electron chi connectivity index (χ0n) is 31.9. The summed E-state index contributed by atoms with van der Waals surface area (Å²) in [7, 11) is 0. The summed E-state index contributed by atoms with van der Waals surface area (Å²) in [6.45, 7) is 4.71. The molecule has 0 unspecified atom stereocenters. The summed E-state index contributed by atoms with van der Waals surface area (Å²) in [5, 5.41) is 4.42. The summed E-state index contributed by atoms with van der Waals surface area (Å²) in [6, 6.07) is 72.6. The molecule has 2 heteroatoms. The minimum Gasteiger partial charge on any atom is -0.455 e. The zero-order chi connectivity index (χ0) is 38.1.